The Morgan fingerprint density at radius 3 is 2.79 bits per heavy atom. The molecule has 5 heteroatoms. The number of hydrogen-bond acceptors (Lipinski definition) is 3. The van der Waals surface area contributed by atoms with E-state index in [2.05, 4.69) is 22.7 Å². The van der Waals surface area contributed by atoms with E-state index in [0.717, 1.165) is 44.7 Å². The van der Waals surface area contributed by atoms with E-state index in [-0.39, 0.29) is 6.09 Å². The van der Waals surface area contributed by atoms with E-state index < -0.39 is 0 Å². The molecule has 2 rings (SSSR count). The second-order valence-electron chi connectivity index (χ2n) is 4.98. The molecule has 1 fully saturated rings. The van der Waals surface area contributed by atoms with Gasteiger partial charge in [0, 0.05) is 38.4 Å². The van der Waals surface area contributed by atoms with Gasteiger partial charge in [-0.2, -0.15) is 0 Å². The van der Waals surface area contributed by atoms with Crippen LogP contribution in [0, 0.1) is 5.92 Å². The van der Waals surface area contributed by atoms with Gasteiger partial charge >= 0.3 is 6.09 Å². The number of aryl methyl sites for hydroxylation is 1. The quantitative estimate of drug-likeness (QED) is 0.839. The summed E-state index contributed by atoms with van der Waals surface area (Å²) >= 11 is 0. The average molecular weight is 265 g/mol. The third kappa shape index (κ3) is 3.49. The van der Waals surface area contributed by atoms with Gasteiger partial charge in [-0.1, -0.05) is 6.92 Å². The lowest BCUT2D eigenvalue weighted by Crippen LogP contribution is -2.39. The molecule has 1 aliphatic rings. The normalized spacial score (nSPS) is 16.6. The SMILES string of the molecule is CCOC(=O)N1CCC(Cn2ccnc2CC)CC1. The molecule has 2 heterocycles. The Morgan fingerprint density at radius 1 is 1.42 bits per heavy atom. The molecule has 5 nitrogen and oxygen atoms in total. The predicted octanol–water partition coefficient (Wildman–Crippen LogP) is 2.31. The highest BCUT2D eigenvalue weighted by molar-refractivity contribution is 5.67. The first kappa shape index (κ1) is 13.9. The zero-order valence-corrected chi connectivity index (χ0v) is 11.8. The van der Waals surface area contributed by atoms with Crippen molar-refractivity contribution in [3.05, 3.63) is 18.2 Å². The summed E-state index contributed by atoms with van der Waals surface area (Å²) in [4.78, 5) is 17.8. The molecular weight excluding hydrogens is 242 g/mol. The Hall–Kier alpha value is -1.52. The molecule has 106 valence electrons. The third-order valence-corrected chi connectivity index (χ3v) is 3.71. The maximum Gasteiger partial charge on any atom is 0.409 e. The van der Waals surface area contributed by atoms with Crippen LogP contribution in [-0.4, -0.2) is 40.2 Å². The number of amides is 1. The molecule has 0 unspecified atom stereocenters. The summed E-state index contributed by atoms with van der Waals surface area (Å²) in [7, 11) is 0. The fraction of sp³-hybridized carbons (Fsp3) is 0.714. The van der Waals surface area contributed by atoms with Gasteiger partial charge in [-0.05, 0) is 25.7 Å². The Kier molecular flexibility index (Phi) is 4.82. The molecule has 1 aromatic rings. The molecular formula is C14H23N3O2. The molecule has 0 radical (unpaired) electrons. The molecule has 0 atom stereocenters. The molecule has 1 saturated heterocycles. The number of piperidine rings is 1. The van der Waals surface area contributed by atoms with Crippen LogP contribution in [0.15, 0.2) is 12.4 Å². The lowest BCUT2D eigenvalue weighted by atomic mass is 9.97. The molecule has 1 amide bonds. The Bertz CT molecular complexity index is 409. The minimum atomic E-state index is -0.169. The standard InChI is InChI=1S/C14H23N3O2/c1-3-13-15-7-10-17(13)11-12-5-8-16(9-6-12)14(18)19-4-2/h7,10,12H,3-6,8-9,11H2,1-2H3. The van der Waals surface area contributed by atoms with Crippen molar-refractivity contribution in [2.24, 2.45) is 5.92 Å². The van der Waals surface area contributed by atoms with Gasteiger partial charge in [0.1, 0.15) is 5.82 Å². The first-order valence-electron chi connectivity index (χ1n) is 7.16. The summed E-state index contributed by atoms with van der Waals surface area (Å²) in [5.74, 6) is 1.78. The van der Waals surface area contributed by atoms with Gasteiger partial charge in [-0.3, -0.25) is 0 Å². The maximum absolute atomic E-state index is 11.6. The van der Waals surface area contributed by atoms with Crippen LogP contribution >= 0.6 is 0 Å². The van der Waals surface area contributed by atoms with E-state index in [1.807, 2.05) is 18.0 Å². The summed E-state index contributed by atoms with van der Waals surface area (Å²) in [6.07, 6.45) is 6.80. The van der Waals surface area contributed by atoms with Crippen molar-refractivity contribution < 1.29 is 9.53 Å². The van der Waals surface area contributed by atoms with Gasteiger partial charge in [-0.25, -0.2) is 9.78 Å². The predicted molar refractivity (Wildman–Crippen MR) is 72.9 cm³/mol. The zero-order valence-electron chi connectivity index (χ0n) is 11.8. The highest BCUT2D eigenvalue weighted by Crippen LogP contribution is 2.20. The zero-order chi connectivity index (χ0) is 13.7. The molecule has 0 saturated carbocycles. The van der Waals surface area contributed by atoms with Crippen LogP contribution in [0.1, 0.15) is 32.5 Å². The Balaban J connectivity index is 1.82. The molecule has 1 aliphatic heterocycles. The minimum Gasteiger partial charge on any atom is -0.450 e. The highest BCUT2D eigenvalue weighted by atomic mass is 16.6. The summed E-state index contributed by atoms with van der Waals surface area (Å²) in [6, 6.07) is 0. The summed E-state index contributed by atoms with van der Waals surface area (Å²) < 4.78 is 7.27. The van der Waals surface area contributed by atoms with Crippen LogP contribution in [0.3, 0.4) is 0 Å². The molecule has 0 N–H and O–H groups in total. The second-order valence-corrected chi connectivity index (χ2v) is 4.98. The lowest BCUT2D eigenvalue weighted by molar-refractivity contribution is 0.0899. The monoisotopic (exact) mass is 265 g/mol. The van der Waals surface area contributed by atoms with Crippen LogP contribution in [0.4, 0.5) is 4.79 Å². The molecule has 19 heavy (non-hydrogen) atoms. The number of rotatable bonds is 4. The topological polar surface area (TPSA) is 47.4 Å². The third-order valence-electron chi connectivity index (χ3n) is 3.71. The lowest BCUT2D eigenvalue weighted by Gasteiger charge is -2.31. The molecule has 1 aromatic heterocycles. The summed E-state index contributed by atoms with van der Waals surface area (Å²) in [5.41, 5.74) is 0. The van der Waals surface area contributed by atoms with Crippen molar-refractivity contribution >= 4 is 6.09 Å². The van der Waals surface area contributed by atoms with Crippen LogP contribution in [0.5, 0.6) is 0 Å². The van der Waals surface area contributed by atoms with E-state index >= 15 is 0 Å². The van der Waals surface area contributed by atoms with Crippen LogP contribution in [0.25, 0.3) is 0 Å². The Morgan fingerprint density at radius 2 is 2.16 bits per heavy atom. The minimum absolute atomic E-state index is 0.169. The average Bonchev–Trinajstić information content (AvgIpc) is 2.87. The molecule has 0 spiro atoms. The summed E-state index contributed by atoms with van der Waals surface area (Å²) in [5, 5.41) is 0. The number of likely N-dealkylation sites (tertiary alicyclic amines) is 1. The number of imidazole rings is 1. The molecule has 0 aromatic carbocycles. The van der Waals surface area contributed by atoms with Crippen LogP contribution in [0.2, 0.25) is 0 Å². The van der Waals surface area contributed by atoms with Gasteiger partial charge in [-0.15, -0.1) is 0 Å². The smallest absolute Gasteiger partial charge is 0.409 e. The number of ether oxygens (including phenoxy) is 1. The van der Waals surface area contributed by atoms with Crippen molar-refractivity contribution in [1.29, 1.82) is 0 Å². The van der Waals surface area contributed by atoms with E-state index in [9.17, 15) is 4.79 Å². The Labute approximate surface area is 114 Å². The van der Waals surface area contributed by atoms with E-state index in [0.29, 0.717) is 12.5 Å². The first-order chi connectivity index (χ1) is 9.24. The maximum atomic E-state index is 11.6. The summed E-state index contributed by atoms with van der Waals surface area (Å²) in [6.45, 7) is 7.05. The number of nitrogens with zero attached hydrogens (tertiary/aromatic N) is 3. The fourth-order valence-electron chi connectivity index (χ4n) is 2.61. The number of aromatic nitrogens is 2. The molecule has 0 bridgehead atoms. The van der Waals surface area contributed by atoms with Gasteiger partial charge in [0.2, 0.25) is 0 Å². The van der Waals surface area contributed by atoms with Gasteiger partial charge in [0.25, 0.3) is 0 Å². The first-order valence-corrected chi connectivity index (χ1v) is 7.16. The largest absolute Gasteiger partial charge is 0.450 e. The van der Waals surface area contributed by atoms with Crippen molar-refractivity contribution in [1.82, 2.24) is 14.5 Å². The van der Waals surface area contributed by atoms with Gasteiger partial charge < -0.3 is 14.2 Å². The van der Waals surface area contributed by atoms with Gasteiger partial charge in [0.05, 0.1) is 6.61 Å². The van der Waals surface area contributed by atoms with Gasteiger partial charge in [0.15, 0.2) is 0 Å². The van der Waals surface area contributed by atoms with Crippen molar-refractivity contribution in [3.8, 4) is 0 Å². The number of carbonyl (C=O) groups excluding carboxylic acids is 1. The van der Waals surface area contributed by atoms with E-state index in [1.165, 1.54) is 0 Å². The molecule has 0 aliphatic carbocycles. The van der Waals surface area contributed by atoms with E-state index in [1.54, 1.807) is 0 Å². The van der Waals surface area contributed by atoms with Crippen molar-refractivity contribution in [2.75, 3.05) is 19.7 Å². The highest BCUT2D eigenvalue weighted by Gasteiger charge is 2.23. The van der Waals surface area contributed by atoms with Crippen molar-refractivity contribution in [2.45, 2.75) is 39.7 Å². The second kappa shape index (κ2) is 6.59. The van der Waals surface area contributed by atoms with Crippen LogP contribution in [-0.2, 0) is 17.7 Å². The fourth-order valence-corrected chi connectivity index (χ4v) is 2.61. The number of carbonyl (C=O) groups is 1. The van der Waals surface area contributed by atoms with E-state index in [4.69, 9.17) is 4.74 Å². The number of hydrogen-bond donors (Lipinski definition) is 0. The van der Waals surface area contributed by atoms with Crippen LogP contribution < -0.4 is 0 Å². The van der Waals surface area contributed by atoms with Crippen molar-refractivity contribution in [3.63, 3.8) is 0 Å².